The molecule has 0 bridgehead atoms. The second-order valence-electron chi connectivity index (χ2n) is 10.9. The van der Waals surface area contributed by atoms with Crippen molar-refractivity contribution in [3.63, 3.8) is 0 Å². The quantitative estimate of drug-likeness (QED) is 0.124. The number of hydrogen-bond acceptors (Lipinski definition) is 4. The molecule has 0 aromatic heterocycles. The summed E-state index contributed by atoms with van der Waals surface area (Å²) in [6.45, 7) is 10.7. The van der Waals surface area contributed by atoms with Crippen molar-refractivity contribution in [2.45, 2.75) is 104 Å². The van der Waals surface area contributed by atoms with E-state index >= 15 is 0 Å². The Kier molecular flexibility index (Phi) is 14.3. The van der Waals surface area contributed by atoms with Gasteiger partial charge in [-0.25, -0.2) is 0 Å². The summed E-state index contributed by atoms with van der Waals surface area (Å²) in [4.78, 5) is 2.34. The van der Waals surface area contributed by atoms with Crippen LogP contribution in [0.25, 0.3) is 0 Å². The third kappa shape index (κ3) is 10.4. The molecule has 3 aromatic rings. The highest BCUT2D eigenvalue weighted by atomic mass is 15.1. The lowest BCUT2D eigenvalue weighted by atomic mass is 10.0. The number of rotatable bonds is 20. The fourth-order valence-corrected chi connectivity index (χ4v) is 5.36. The molecule has 218 valence electrons. The summed E-state index contributed by atoms with van der Waals surface area (Å²) in [5.74, 6) is 0. The molecule has 0 aliphatic carbocycles. The first-order valence-electron chi connectivity index (χ1n) is 16.0. The van der Waals surface area contributed by atoms with Crippen LogP contribution < -0.4 is 20.9 Å². The van der Waals surface area contributed by atoms with Crippen LogP contribution in [0.4, 0.5) is 34.1 Å². The molecule has 0 saturated heterocycles. The maximum atomic E-state index is 3.90. The smallest absolute Gasteiger partial charge is 0.0463 e. The number of anilines is 6. The number of nitrogens with one attached hydrogen (secondary N) is 3. The molecular formula is C36H54N4. The fraction of sp³-hybridized carbons (Fsp3) is 0.500. The maximum Gasteiger partial charge on any atom is 0.0463 e. The minimum absolute atomic E-state index is 0.553. The van der Waals surface area contributed by atoms with Crippen molar-refractivity contribution >= 4 is 34.1 Å². The third-order valence-electron chi connectivity index (χ3n) is 7.57. The fourth-order valence-electron chi connectivity index (χ4n) is 5.36. The molecule has 4 nitrogen and oxygen atoms in total. The van der Waals surface area contributed by atoms with E-state index in [-0.39, 0.29) is 0 Å². The van der Waals surface area contributed by atoms with Crippen molar-refractivity contribution in [3.05, 3.63) is 72.8 Å². The summed E-state index contributed by atoms with van der Waals surface area (Å²) in [5, 5.41) is 10.7. The van der Waals surface area contributed by atoms with Crippen LogP contribution in [0, 0.1) is 0 Å². The van der Waals surface area contributed by atoms with Gasteiger partial charge in [0.25, 0.3) is 0 Å². The van der Waals surface area contributed by atoms with E-state index in [0.717, 1.165) is 41.5 Å². The summed E-state index contributed by atoms with van der Waals surface area (Å²) in [7, 11) is 0. The van der Waals surface area contributed by atoms with Gasteiger partial charge in [0.2, 0.25) is 0 Å². The molecule has 1 unspecified atom stereocenters. The third-order valence-corrected chi connectivity index (χ3v) is 7.57. The topological polar surface area (TPSA) is 39.3 Å². The number of nitrogens with zero attached hydrogens (tertiary/aromatic N) is 1. The van der Waals surface area contributed by atoms with Crippen molar-refractivity contribution in [2.75, 3.05) is 33.9 Å². The molecule has 0 saturated carbocycles. The molecule has 0 amide bonds. The molecule has 3 rings (SSSR count). The number of benzene rings is 3. The van der Waals surface area contributed by atoms with Crippen LogP contribution in [0.2, 0.25) is 0 Å². The lowest BCUT2D eigenvalue weighted by molar-refractivity contribution is 0.510. The summed E-state index contributed by atoms with van der Waals surface area (Å²) in [6.07, 6.45) is 14.5. The Balaban J connectivity index is 1.77. The van der Waals surface area contributed by atoms with Crippen LogP contribution in [0.15, 0.2) is 72.8 Å². The van der Waals surface area contributed by atoms with Gasteiger partial charge in [0.1, 0.15) is 0 Å². The van der Waals surface area contributed by atoms with E-state index in [4.69, 9.17) is 0 Å². The molecule has 0 heterocycles. The molecule has 0 aliphatic rings. The summed E-state index contributed by atoms with van der Waals surface area (Å²) in [6, 6.07) is 27.1. The number of unbranched alkanes of at least 4 members (excludes halogenated alkanes) is 7. The van der Waals surface area contributed by atoms with E-state index in [9.17, 15) is 0 Å². The predicted molar refractivity (Wildman–Crippen MR) is 179 cm³/mol. The molecule has 1 atom stereocenters. The normalized spacial score (nSPS) is 11.7. The van der Waals surface area contributed by atoms with E-state index in [0.29, 0.717) is 6.04 Å². The van der Waals surface area contributed by atoms with E-state index < -0.39 is 0 Å². The molecule has 3 aromatic carbocycles. The second-order valence-corrected chi connectivity index (χ2v) is 10.9. The van der Waals surface area contributed by atoms with Gasteiger partial charge in [-0.1, -0.05) is 71.6 Å². The van der Waals surface area contributed by atoms with Gasteiger partial charge in [-0.3, -0.25) is 0 Å². The van der Waals surface area contributed by atoms with E-state index in [1.54, 1.807) is 0 Å². The first-order chi connectivity index (χ1) is 19.7. The Hall–Kier alpha value is -3.14. The lowest BCUT2D eigenvalue weighted by Crippen LogP contribution is -2.19. The second kappa shape index (κ2) is 18.3. The molecular weight excluding hydrogens is 488 g/mol. The largest absolute Gasteiger partial charge is 0.385 e. The van der Waals surface area contributed by atoms with Crippen LogP contribution >= 0.6 is 0 Å². The summed E-state index contributed by atoms with van der Waals surface area (Å²) < 4.78 is 0. The van der Waals surface area contributed by atoms with Crippen LogP contribution in [-0.4, -0.2) is 19.1 Å². The Labute approximate surface area is 245 Å². The van der Waals surface area contributed by atoms with Gasteiger partial charge < -0.3 is 20.9 Å². The van der Waals surface area contributed by atoms with Gasteiger partial charge >= 0.3 is 0 Å². The highest BCUT2D eigenvalue weighted by molar-refractivity contribution is 5.78. The van der Waals surface area contributed by atoms with E-state index in [1.165, 1.54) is 76.3 Å². The highest BCUT2D eigenvalue weighted by Crippen LogP contribution is 2.36. The zero-order chi connectivity index (χ0) is 28.4. The first kappa shape index (κ1) is 31.4. The molecule has 40 heavy (non-hydrogen) atoms. The summed E-state index contributed by atoms with van der Waals surface area (Å²) in [5.41, 5.74) is 6.99. The van der Waals surface area contributed by atoms with Crippen molar-refractivity contribution in [2.24, 2.45) is 0 Å². The molecule has 4 heteroatoms. The van der Waals surface area contributed by atoms with Gasteiger partial charge in [0.05, 0.1) is 0 Å². The van der Waals surface area contributed by atoms with Crippen LogP contribution in [0.3, 0.4) is 0 Å². The van der Waals surface area contributed by atoms with E-state index in [1.807, 2.05) is 0 Å². The monoisotopic (exact) mass is 542 g/mol. The van der Waals surface area contributed by atoms with Crippen molar-refractivity contribution < 1.29 is 0 Å². The zero-order valence-corrected chi connectivity index (χ0v) is 25.6. The van der Waals surface area contributed by atoms with Crippen molar-refractivity contribution in [3.8, 4) is 0 Å². The van der Waals surface area contributed by atoms with Crippen LogP contribution in [0.1, 0.15) is 98.3 Å². The molecule has 0 fully saturated rings. The Bertz CT molecular complexity index is 994. The minimum atomic E-state index is 0.553. The summed E-state index contributed by atoms with van der Waals surface area (Å²) >= 11 is 0. The van der Waals surface area contributed by atoms with Crippen LogP contribution in [-0.2, 0) is 0 Å². The lowest BCUT2D eigenvalue weighted by Gasteiger charge is -2.27. The van der Waals surface area contributed by atoms with E-state index in [2.05, 4.69) is 121 Å². The molecule has 0 radical (unpaired) electrons. The zero-order valence-electron chi connectivity index (χ0n) is 25.6. The highest BCUT2D eigenvalue weighted by Gasteiger charge is 2.14. The van der Waals surface area contributed by atoms with Gasteiger partial charge in [-0.05, 0) is 99.5 Å². The Morgan fingerprint density at radius 3 is 1.25 bits per heavy atom. The SMILES string of the molecule is CCCCCCCC(CCCCCC)Nc1ccc(N(c2ccc(NCC)cc2)c2ccc(NCC)cc2)cc1. The van der Waals surface area contributed by atoms with Crippen molar-refractivity contribution in [1.82, 2.24) is 0 Å². The van der Waals surface area contributed by atoms with Crippen molar-refractivity contribution in [1.29, 1.82) is 0 Å². The average molecular weight is 543 g/mol. The minimum Gasteiger partial charge on any atom is -0.385 e. The molecule has 3 N–H and O–H groups in total. The van der Waals surface area contributed by atoms with Gasteiger partial charge in [-0.15, -0.1) is 0 Å². The van der Waals surface area contributed by atoms with Gasteiger partial charge in [0.15, 0.2) is 0 Å². The number of hydrogen-bond donors (Lipinski definition) is 3. The standard InChI is InChI=1S/C36H54N4/c1-5-9-11-13-15-17-32(16-14-12-10-6-2)39-33-22-28-36(29-23-33)40(34-24-18-30(19-25-34)37-7-3)35-26-20-31(21-27-35)38-8-4/h18-29,32,37-39H,5-17H2,1-4H3. The van der Waals surface area contributed by atoms with Gasteiger partial charge in [-0.2, -0.15) is 0 Å². The maximum absolute atomic E-state index is 3.90. The first-order valence-corrected chi connectivity index (χ1v) is 16.0. The van der Waals surface area contributed by atoms with Gasteiger partial charge in [0, 0.05) is 53.3 Å². The van der Waals surface area contributed by atoms with Crippen LogP contribution in [0.5, 0.6) is 0 Å². The average Bonchev–Trinajstić information content (AvgIpc) is 2.98. The molecule has 0 aliphatic heterocycles. The molecule has 0 spiro atoms. The Morgan fingerprint density at radius 1 is 0.475 bits per heavy atom. The Morgan fingerprint density at radius 2 is 0.850 bits per heavy atom. The predicted octanol–water partition coefficient (Wildman–Crippen LogP) is 11.1.